The van der Waals surface area contributed by atoms with Gasteiger partial charge in [-0.1, -0.05) is 0 Å². The second kappa shape index (κ2) is 4.71. The third-order valence-electron chi connectivity index (χ3n) is 4.16. The van der Waals surface area contributed by atoms with Crippen LogP contribution < -0.4 is 5.73 Å². The van der Waals surface area contributed by atoms with Gasteiger partial charge in [0.25, 0.3) is 0 Å². The lowest BCUT2D eigenvalue weighted by Crippen LogP contribution is -2.57. The maximum absolute atomic E-state index is 12.5. The van der Waals surface area contributed by atoms with Gasteiger partial charge in [0.05, 0.1) is 0 Å². The van der Waals surface area contributed by atoms with Crippen LogP contribution in [0.25, 0.3) is 0 Å². The average molecular weight is 269 g/mol. The van der Waals surface area contributed by atoms with E-state index in [1.54, 1.807) is 6.92 Å². The van der Waals surface area contributed by atoms with E-state index in [1.807, 2.05) is 0 Å². The van der Waals surface area contributed by atoms with E-state index < -0.39 is 23.5 Å². The van der Waals surface area contributed by atoms with E-state index in [9.17, 15) is 19.5 Å². The highest BCUT2D eigenvalue weighted by atomic mass is 16.4. The van der Waals surface area contributed by atoms with Crippen LogP contribution in [0, 0.1) is 0 Å². The van der Waals surface area contributed by atoms with E-state index in [-0.39, 0.29) is 6.03 Å². The highest BCUT2D eigenvalue weighted by molar-refractivity contribution is 5.90. The number of primary amides is 1. The summed E-state index contributed by atoms with van der Waals surface area (Å²) in [6, 6.07) is -0.991. The van der Waals surface area contributed by atoms with Crippen LogP contribution in [0.5, 0.6) is 0 Å². The fraction of sp³-hybridized carbons (Fsp3) is 0.750. The number of rotatable bonds is 2. The van der Waals surface area contributed by atoms with Gasteiger partial charge in [-0.3, -0.25) is 4.79 Å². The molecule has 2 unspecified atom stereocenters. The number of nitrogens with zero attached hydrogens (tertiary/aromatic N) is 2. The Morgan fingerprint density at radius 3 is 2.53 bits per heavy atom. The highest BCUT2D eigenvalue weighted by Gasteiger charge is 2.48. The number of likely N-dealkylation sites (tertiary alicyclic amines) is 2. The van der Waals surface area contributed by atoms with E-state index in [0.29, 0.717) is 32.4 Å². The Labute approximate surface area is 111 Å². The summed E-state index contributed by atoms with van der Waals surface area (Å²) < 4.78 is 0. The minimum atomic E-state index is -1.18. The van der Waals surface area contributed by atoms with Crippen molar-refractivity contribution in [3.8, 4) is 0 Å². The second-order valence-electron chi connectivity index (χ2n) is 5.37. The predicted octanol–water partition coefficient (Wildman–Crippen LogP) is -0.00480. The largest absolute Gasteiger partial charge is 0.480 e. The van der Waals surface area contributed by atoms with Crippen LogP contribution in [-0.2, 0) is 9.59 Å². The average Bonchev–Trinajstić information content (AvgIpc) is 2.94. The smallest absolute Gasteiger partial charge is 0.329 e. The highest BCUT2D eigenvalue weighted by Crippen LogP contribution is 2.32. The lowest BCUT2D eigenvalue weighted by atomic mass is 9.99. The molecular formula is C12H19N3O4. The van der Waals surface area contributed by atoms with Gasteiger partial charge >= 0.3 is 12.0 Å². The van der Waals surface area contributed by atoms with Gasteiger partial charge in [0.2, 0.25) is 5.91 Å². The van der Waals surface area contributed by atoms with Crippen LogP contribution in [0.1, 0.15) is 32.6 Å². The fourth-order valence-electron chi connectivity index (χ4n) is 2.94. The molecule has 2 fully saturated rings. The van der Waals surface area contributed by atoms with Crippen molar-refractivity contribution in [2.24, 2.45) is 5.73 Å². The van der Waals surface area contributed by atoms with Gasteiger partial charge in [0.1, 0.15) is 11.6 Å². The number of carboxylic acid groups (broad SMARTS) is 1. The molecule has 2 aliphatic rings. The summed E-state index contributed by atoms with van der Waals surface area (Å²) in [4.78, 5) is 37.9. The first-order valence-corrected chi connectivity index (χ1v) is 6.49. The Hall–Kier alpha value is -1.79. The van der Waals surface area contributed by atoms with Gasteiger partial charge in [-0.15, -0.1) is 0 Å². The number of carboxylic acids is 1. The van der Waals surface area contributed by atoms with Crippen molar-refractivity contribution in [2.75, 3.05) is 13.1 Å². The molecule has 3 N–H and O–H groups in total. The maximum Gasteiger partial charge on any atom is 0.329 e. The summed E-state index contributed by atoms with van der Waals surface area (Å²) in [6.45, 7) is 2.41. The molecule has 2 saturated heterocycles. The Morgan fingerprint density at radius 1 is 1.26 bits per heavy atom. The van der Waals surface area contributed by atoms with Crippen LogP contribution in [0.15, 0.2) is 0 Å². The summed E-state index contributed by atoms with van der Waals surface area (Å²) in [6.07, 6.45) is 2.36. The zero-order valence-electron chi connectivity index (χ0n) is 11.0. The fourth-order valence-corrected chi connectivity index (χ4v) is 2.94. The quantitative estimate of drug-likeness (QED) is 0.736. The molecule has 0 aliphatic carbocycles. The molecule has 2 heterocycles. The third kappa shape index (κ3) is 2.13. The first-order chi connectivity index (χ1) is 8.88. The second-order valence-corrected chi connectivity index (χ2v) is 5.37. The molecule has 2 atom stereocenters. The van der Waals surface area contributed by atoms with Gasteiger partial charge in [-0.05, 0) is 32.6 Å². The maximum atomic E-state index is 12.5. The van der Waals surface area contributed by atoms with Crippen LogP contribution in [0.2, 0.25) is 0 Å². The molecule has 2 rings (SSSR count). The van der Waals surface area contributed by atoms with Gasteiger partial charge in [-0.25, -0.2) is 9.59 Å². The molecule has 0 spiro atoms. The van der Waals surface area contributed by atoms with Gasteiger partial charge in [-0.2, -0.15) is 0 Å². The standard InChI is InChI=1S/C12H19N3O4/c1-12(10(17)18)5-3-7-15(12)11(19)14-6-2-4-8(14)9(13)16/h8H,2-7H2,1H3,(H2,13,16)(H,17,18). The van der Waals surface area contributed by atoms with E-state index in [4.69, 9.17) is 5.73 Å². The molecule has 0 aromatic carbocycles. The molecule has 7 nitrogen and oxygen atoms in total. The number of amides is 3. The third-order valence-corrected chi connectivity index (χ3v) is 4.16. The number of urea groups is 1. The van der Waals surface area contributed by atoms with E-state index in [0.717, 1.165) is 6.42 Å². The molecule has 0 aromatic heterocycles. The van der Waals surface area contributed by atoms with E-state index in [2.05, 4.69) is 0 Å². The molecular weight excluding hydrogens is 250 g/mol. The number of carbonyl (C=O) groups is 3. The van der Waals surface area contributed by atoms with Gasteiger partial charge in [0, 0.05) is 13.1 Å². The Kier molecular flexibility index (Phi) is 3.38. The van der Waals surface area contributed by atoms with Crippen LogP contribution >= 0.6 is 0 Å². The molecule has 3 amide bonds. The molecule has 0 bridgehead atoms. The van der Waals surface area contributed by atoms with E-state index >= 15 is 0 Å². The Balaban J connectivity index is 2.19. The minimum absolute atomic E-state index is 0.385. The lowest BCUT2D eigenvalue weighted by Gasteiger charge is -2.35. The predicted molar refractivity (Wildman–Crippen MR) is 66.3 cm³/mol. The number of hydrogen-bond donors (Lipinski definition) is 2. The van der Waals surface area contributed by atoms with Gasteiger partial charge in [0.15, 0.2) is 0 Å². The first kappa shape index (κ1) is 13.6. The van der Waals surface area contributed by atoms with Crippen molar-refractivity contribution in [1.29, 1.82) is 0 Å². The van der Waals surface area contributed by atoms with Crippen molar-refractivity contribution in [3.05, 3.63) is 0 Å². The van der Waals surface area contributed by atoms with Gasteiger partial charge < -0.3 is 20.6 Å². The number of aliphatic carboxylic acids is 1. The zero-order chi connectivity index (χ0) is 14.2. The first-order valence-electron chi connectivity index (χ1n) is 6.49. The molecule has 19 heavy (non-hydrogen) atoms. The summed E-state index contributed by atoms with van der Waals surface area (Å²) in [5.74, 6) is -1.53. The number of nitrogens with two attached hydrogens (primary N) is 1. The molecule has 7 heteroatoms. The summed E-state index contributed by atoms with van der Waals surface area (Å²) in [5.41, 5.74) is 4.11. The summed E-state index contributed by atoms with van der Waals surface area (Å²) in [7, 11) is 0. The SMILES string of the molecule is CC1(C(=O)O)CCCN1C(=O)N1CCCC1C(N)=O. The van der Waals surface area contributed by atoms with E-state index in [1.165, 1.54) is 9.80 Å². The molecule has 0 aromatic rings. The molecule has 0 saturated carbocycles. The zero-order valence-corrected chi connectivity index (χ0v) is 11.0. The van der Waals surface area contributed by atoms with Crippen molar-refractivity contribution in [3.63, 3.8) is 0 Å². The number of hydrogen-bond acceptors (Lipinski definition) is 3. The van der Waals surface area contributed by atoms with Crippen molar-refractivity contribution in [1.82, 2.24) is 9.80 Å². The topological polar surface area (TPSA) is 104 Å². The normalized spacial score (nSPS) is 30.7. The summed E-state index contributed by atoms with van der Waals surface area (Å²) in [5, 5.41) is 9.31. The molecule has 2 aliphatic heterocycles. The van der Waals surface area contributed by atoms with Crippen molar-refractivity contribution >= 4 is 17.9 Å². The van der Waals surface area contributed by atoms with Crippen molar-refractivity contribution in [2.45, 2.75) is 44.2 Å². The molecule has 106 valence electrons. The molecule has 0 radical (unpaired) electrons. The van der Waals surface area contributed by atoms with Crippen LogP contribution in [0.3, 0.4) is 0 Å². The Bertz CT molecular complexity index is 425. The minimum Gasteiger partial charge on any atom is -0.480 e. The van der Waals surface area contributed by atoms with Crippen LogP contribution in [-0.4, -0.2) is 57.5 Å². The lowest BCUT2D eigenvalue weighted by molar-refractivity contribution is -0.147. The Morgan fingerprint density at radius 2 is 1.95 bits per heavy atom. The van der Waals surface area contributed by atoms with Crippen LogP contribution in [0.4, 0.5) is 4.79 Å². The summed E-state index contributed by atoms with van der Waals surface area (Å²) >= 11 is 0. The monoisotopic (exact) mass is 269 g/mol. The van der Waals surface area contributed by atoms with Crippen molar-refractivity contribution < 1.29 is 19.5 Å². The number of carbonyl (C=O) groups excluding carboxylic acids is 2.